The Kier molecular flexibility index (Phi) is 7.33. The highest BCUT2D eigenvalue weighted by Gasteiger charge is 2.35. The zero-order valence-corrected chi connectivity index (χ0v) is 19.4. The molecule has 2 N–H and O–H groups in total. The van der Waals surface area contributed by atoms with E-state index in [4.69, 9.17) is 16.3 Å². The summed E-state index contributed by atoms with van der Waals surface area (Å²) in [6, 6.07) is 9.42. The smallest absolute Gasteiger partial charge is 0.338 e. The minimum absolute atomic E-state index is 0.130. The zero-order chi connectivity index (χ0) is 24.2. The monoisotopic (exact) mass is 490 g/mol. The molecule has 2 heterocycles. The first-order valence-electron chi connectivity index (χ1n) is 11.0. The summed E-state index contributed by atoms with van der Waals surface area (Å²) in [6.07, 6.45) is 0. The molecule has 0 radical (unpaired) electrons. The molecule has 4 rings (SSSR count). The number of hydrogen-bond donors (Lipinski definition) is 2. The van der Waals surface area contributed by atoms with Crippen LogP contribution in [0.25, 0.3) is 0 Å². The van der Waals surface area contributed by atoms with Gasteiger partial charge in [0.1, 0.15) is 0 Å². The lowest BCUT2D eigenvalue weighted by Crippen LogP contribution is -2.51. The van der Waals surface area contributed by atoms with Crippen molar-refractivity contribution < 1.29 is 23.1 Å². The van der Waals surface area contributed by atoms with E-state index < -0.39 is 29.7 Å². The molecular formula is C24H25ClF2N4O3. The summed E-state index contributed by atoms with van der Waals surface area (Å²) < 4.78 is 32.6. The van der Waals surface area contributed by atoms with Crippen LogP contribution in [0.4, 0.5) is 19.3 Å². The Bertz CT molecular complexity index is 1120. The number of carbonyl (C=O) groups is 2. The molecule has 0 spiro atoms. The van der Waals surface area contributed by atoms with Crippen LogP contribution < -0.4 is 15.5 Å². The quantitative estimate of drug-likeness (QED) is 0.605. The lowest BCUT2D eigenvalue weighted by atomic mass is 9.94. The summed E-state index contributed by atoms with van der Waals surface area (Å²) >= 11 is 6.33. The summed E-state index contributed by atoms with van der Waals surface area (Å²) in [5.74, 6) is -2.71. The number of anilines is 1. The Morgan fingerprint density at radius 1 is 1.12 bits per heavy atom. The Hall–Kier alpha value is -3.17. The second-order valence-electron chi connectivity index (χ2n) is 8.03. The molecule has 0 unspecified atom stereocenters. The van der Waals surface area contributed by atoms with E-state index in [1.54, 1.807) is 6.92 Å². The van der Waals surface area contributed by atoms with Crippen molar-refractivity contribution in [3.63, 3.8) is 0 Å². The van der Waals surface area contributed by atoms with Crippen LogP contribution in [0.5, 0.6) is 0 Å². The van der Waals surface area contributed by atoms with Crippen LogP contribution in [0, 0.1) is 11.6 Å². The summed E-state index contributed by atoms with van der Waals surface area (Å²) in [7, 11) is 0. The fourth-order valence-corrected chi connectivity index (χ4v) is 4.47. The van der Waals surface area contributed by atoms with Crippen LogP contribution in [0.2, 0.25) is 5.02 Å². The Morgan fingerprint density at radius 2 is 1.85 bits per heavy atom. The van der Waals surface area contributed by atoms with Gasteiger partial charge in [-0.3, -0.25) is 4.90 Å². The summed E-state index contributed by atoms with van der Waals surface area (Å²) in [5, 5.41) is 6.03. The number of ether oxygens (including phenoxy) is 1. The first-order chi connectivity index (χ1) is 16.4. The van der Waals surface area contributed by atoms with Crippen molar-refractivity contribution in [2.75, 3.05) is 44.2 Å². The molecule has 2 aromatic rings. The predicted octanol–water partition coefficient (Wildman–Crippen LogP) is 3.61. The maximum Gasteiger partial charge on any atom is 0.338 e. The number of nitrogens with one attached hydrogen (secondary N) is 2. The number of esters is 1. The largest absolute Gasteiger partial charge is 0.463 e. The number of nitrogens with zero attached hydrogens (tertiary/aromatic N) is 2. The Morgan fingerprint density at radius 3 is 2.53 bits per heavy atom. The highest BCUT2D eigenvalue weighted by atomic mass is 35.5. The van der Waals surface area contributed by atoms with Gasteiger partial charge in [-0.25, -0.2) is 18.4 Å². The van der Waals surface area contributed by atoms with E-state index in [2.05, 4.69) is 20.4 Å². The average molecular weight is 491 g/mol. The summed E-state index contributed by atoms with van der Waals surface area (Å²) in [5.41, 5.74) is 1.76. The molecule has 10 heteroatoms. The van der Waals surface area contributed by atoms with E-state index in [9.17, 15) is 18.4 Å². The van der Waals surface area contributed by atoms with Gasteiger partial charge in [-0.15, -0.1) is 0 Å². The molecule has 7 nitrogen and oxygen atoms in total. The first-order valence-corrected chi connectivity index (χ1v) is 11.4. The van der Waals surface area contributed by atoms with Gasteiger partial charge >= 0.3 is 12.0 Å². The predicted molar refractivity (Wildman–Crippen MR) is 125 cm³/mol. The van der Waals surface area contributed by atoms with Crippen LogP contribution in [0.1, 0.15) is 18.5 Å². The molecule has 2 amide bonds. The van der Waals surface area contributed by atoms with E-state index in [-0.39, 0.29) is 24.3 Å². The van der Waals surface area contributed by atoms with E-state index in [1.165, 1.54) is 6.07 Å². The second-order valence-corrected chi connectivity index (χ2v) is 8.44. The molecule has 0 aromatic heterocycles. The van der Waals surface area contributed by atoms with Crippen LogP contribution in [0.15, 0.2) is 53.7 Å². The number of para-hydroxylation sites is 1. The fourth-order valence-electron chi connectivity index (χ4n) is 4.21. The molecule has 1 saturated heterocycles. The second kappa shape index (κ2) is 10.4. The average Bonchev–Trinajstić information content (AvgIpc) is 2.81. The van der Waals surface area contributed by atoms with Gasteiger partial charge in [0, 0.05) is 38.4 Å². The van der Waals surface area contributed by atoms with Gasteiger partial charge in [-0.1, -0.05) is 29.8 Å². The van der Waals surface area contributed by atoms with E-state index in [0.717, 1.165) is 17.8 Å². The molecule has 1 fully saturated rings. The number of hydrogen-bond acceptors (Lipinski definition) is 5. The molecular weight excluding hydrogens is 466 g/mol. The SMILES string of the molecule is CCOC(=O)C1=C(CN2CCN(c3ccccc3Cl)CC2)NC(=O)N[C@@H]1c1ccc(F)c(F)c1. The number of amides is 2. The molecule has 2 aromatic carbocycles. The van der Waals surface area contributed by atoms with E-state index in [1.807, 2.05) is 24.3 Å². The third kappa shape index (κ3) is 5.15. The molecule has 0 saturated carbocycles. The fraction of sp³-hybridized carbons (Fsp3) is 0.333. The van der Waals surface area contributed by atoms with Crippen molar-refractivity contribution in [1.82, 2.24) is 15.5 Å². The van der Waals surface area contributed by atoms with Crippen LogP contribution in [0.3, 0.4) is 0 Å². The molecule has 2 aliphatic heterocycles. The number of benzene rings is 2. The number of carbonyl (C=O) groups excluding carboxylic acids is 2. The van der Waals surface area contributed by atoms with Gasteiger partial charge in [0.25, 0.3) is 0 Å². The standard InChI is InChI=1S/C24H25ClF2N4O3/c1-2-34-23(32)21-19(28-24(33)29-22(21)15-7-8-17(26)18(27)13-15)14-30-9-11-31(12-10-30)20-6-4-3-5-16(20)25/h3-8,13,22H,2,9-12,14H2,1H3,(H2,28,29,33)/t22-/m1/s1. The number of urea groups is 1. The highest BCUT2D eigenvalue weighted by Crippen LogP contribution is 2.30. The molecule has 180 valence electrons. The maximum atomic E-state index is 13.9. The van der Waals surface area contributed by atoms with Crippen molar-refractivity contribution in [1.29, 1.82) is 0 Å². The molecule has 0 bridgehead atoms. The van der Waals surface area contributed by atoms with Crippen LogP contribution in [-0.4, -0.2) is 56.2 Å². The third-order valence-corrected chi connectivity index (χ3v) is 6.19. The number of piperazine rings is 1. The third-order valence-electron chi connectivity index (χ3n) is 5.87. The normalized spacial score (nSPS) is 19.0. The zero-order valence-electron chi connectivity index (χ0n) is 18.6. The van der Waals surface area contributed by atoms with Gasteiger partial charge in [0.2, 0.25) is 0 Å². The van der Waals surface area contributed by atoms with Gasteiger partial charge in [-0.05, 0) is 36.8 Å². The van der Waals surface area contributed by atoms with Gasteiger partial charge in [-0.2, -0.15) is 0 Å². The Labute approximate surface area is 201 Å². The van der Waals surface area contributed by atoms with Crippen molar-refractivity contribution in [3.05, 3.63) is 76.0 Å². The van der Waals surface area contributed by atoms with Crippen molar-refractivity contribution in [2.24, 2.45) is 0 Å². The van der Waals surface area contributed by atoms with Crippen LogP contribution in [-0.2, 0) is 9.53 Å². The van der Waals surface area contributed by atoms with E-state index >= 15 is 0 Å². The van der Waals surface area contributed by atoms with Crippen molar-refractivity contribution >= 4 is 29.3 Å². The summed E-state index contributed by atoms with van der Waals surface area (Å²) in [4.78, 5) is 29.6. The number of halogens is 3. The molecule has 34 heavy (non-hydrogen) atoms. The number of rotatable bonds is 6. The van der Waals surface area contributed by atoms with Crippen molar-refractivity contribution in [2.45, 2.75) is 13.0 Å². The van der Waals surface area contributed by atoms with Gasteiger partial charge < -0.3 is 20.3 Å². The molecule has 1 atom stereocenters. The lowest BCUT2D eigenvalue weighted by Gasteiger charge is -2.38. The Balaban J connectivity index is 1.58. The van der Waals surface area contributed by atoms with Crippen molar-refractivity contribution in [3.8, 4) is 0 Å². The maximum absolute atomic E-state index is 13.9. The highest BCUT2D eigenvalue weighted by molar-refractivity contribution is 6.33. The molecule has 2 aliphatic rings. The lowest BCUT2D eigenvalue weighted by molar-refractivity contribution is -0.139. The topological polar surface area (TPSA) is 73.9 Å². The van der Waals surface area contributed by atoms with E-state index in [0.29, 0.717) is 36.9 Å². The van der Waals surface area contributed by atoms with Gasteiger partial charge in [0.05, 0.1) is 28.9 Å². The minimum Gasteiger partial charge on any atom is -0.463 e. The molecule has 0 aliphatic carbocycles. The van der Waals surface area contributed by atoms with Gasteiger partial charge in [0.15, 0.2) is 11.6 Å². The first kappa shape index (κ1) is 24.0. The van der Waals surface area contributed by atoms with Crippen LogP contribution >= 0.6 is 11.6 Å². The summed E-state index contributed by atoms with van der Waals surface area (Å²) in [6.45, 7) is 4.86. The minimum atomic E-state index is -1.06.